The van der Waals surface area contributed by atoms with Gasteiger partial charge in [0.25, 0.3) is 0 Å². The predicted octanol–water partition coefficient (Wildman–Crippen LogP) is 0.161. The Kier molecular flexibility index (Phi) is 6.11. The van der Waals surface area contributed by atoms with Crippen molar-refractivity contribution >= 4 is 17.9 Å². The molecule has 1 atom stereocenters. The van der Waals surface area contributed by atoms with E-state index >= 15 is 0 Å². The van der Waals surface area contributed by atoms with Crippen LogP contribution in [0.25, 0.3) is 0 Å². The standard InChI is InChI=1S/C12H21N3O4/c1-2-3-4-9(11(17)18)14-12(19)15-7-5-10(16)13-6-8-15/h9H,2-8H2,1H3,(H,13,16)(H,14,19)(H,17,18). The molecule has 0 bridgehead atoms. The van der Waals surface area contributed by atoms with E-state index in [1.807, 2.05) is 6.92 Å². The Balaban J connectivity index is 2.50. The van der Waals surface area contributed by atoms with E-state index in [-0.39, 0.29) is 12.3 Å². The molecule has 7 heteroatoms. The maximum Gasteiger partial charge on any atom is 0.326 e. The number of urea groups is 1. The van der Waals surface area contributed by atoms with Crippen LogP contribution in [-0.4, -0.2) is 53.6 Å². The van der Waals surface area contributed by atoms with Crippen LogP contribution in [0.4, 0.5) is 4.79 Å². The van der Waals surface area contributed by atoms with E-state index in [0.717, 1.165) is 12.8 Å². The van der Waals surface area contributed by atoms with Gasteiger partial charge >= 0.3 is 12.0 Å². The van der Waals surface area contributed by atoms with E-state index in [4.69, 9.17) is 5.11 Å². The number of hydrogen-bond acceptors (Lipinski definition) is 3. The molecule has 1 saturated heterocycles. The molecule has 19 heavy (non-hydrogen) atoms. The molecule has 0 aromatic rings. The number of nitrogens with one attached hydrogen (secondary N) is 2. The quantitative estimate of drug-likeness (QED) is 0.663. The highest BCUT2D eigenvalue weighted by molar-refractivity contribution is 5.83. The Morgan fingerprint density at radius 3 is 2.84 bits per heavy atom. The van der Waals surface area contributed by atoms with Gasteiger partial charge in [0, 0.05) is 26.1 Å². The summed E-state index contributed by atoms with van der Waals surface area (Å²) in [6, 6.07) is -1.28. The number of amides is 3. The van der Waals surface area contributed by atoms with Crippen molar-refractivity contribution in [3.05, 3.63) is 0 Å². The number of carbonyl (C=O) groups excluding carboxylic acids is 2. The van der Waals surface area contributed by atoms with Crippen molar-refractivity contribution in [2.24, 2.45) is 0 Å². The Morgan fingerprint density at radius 1 is 1.47 bits per heavy atom. The van der Waals surface area contributed by atoms with Gasteiger partial charge in [0.1, 0.15) is 6.04 Å². The van der Waals surface area contributed by atoms with Crippen LogP contribution in [0.3, 0.4) is 0 Å². The van der Waals surface area contributed by atoms with E-state index in [1.54, 1.807) is 0 Å². The minimum Gasteiger partial charge on any atom is -0.480 e. The first-order chi connectivity index (χ1) is 9.04. The number of hydrogen-bond donors (Lipinski definition) is 3. The van der Waals surface area contributed by atoms with Crippen LogP contribution in [0.5, 0.6) is 0 Å². The van der Waals surface area contributed by atoms with Gasteiger partial charge in [0.05, 0.1) is 0 Å². The monoisotopic (exact) mass is 271 g/mol. The zero-order valence-electron chi connectivity index (χ0n) is 11.1. The number of carboxylic acid groups (broad SMARTS) is 1. The zero-order valence-corrected chi connectivity index (χ0v) is 11.1. The van der Waals surface area contributed by atoms with Crippen LogP contribution < -0.4 is 10.6 Å². The van der Waals surface area contributed by atoms with Crippen molar-refractivity contribution < 1.29 is 19.5 Å². The number of rotatable bonds is 5. The first-order valence-corrected chi connectivity index (χ1v) is 6.59. The Bertz CT molecular complexity index is 346. The first kappa shape index (κ1) is 15.3. The maximum atomic E-state index is 11.9. The molecule has 0 radical (unpaired) electrons. The summed E-state index contributed by atoms with van der Waals surface area (Å²) >= 11 is 0. The van der Waals surface area contributed by atoms with Crippen LogP contribution in [0.1, 0.15) is 32.6 Å². The second kappa shape index (κ2) is 7.60. The van der Waals surface area contributed by atoms with E-state index in [1.165, 1.54) is 4.90 Å². The molecule has 108 valence electrons. The fourth-order valence-corrected chi connectivity index (χ4v) is 1.88. The fourth-order valence-electron chi connectivity index (χ4n) is 1.88. The third kappa shape index (κ3) is 5.15. The molecule has 0 aromatic heterocycles. The SMILES string of the molecule is CCCCC(NC(=O)N1CCNC(=O)CC1)C(=O)O. The zero-order chi connectivity index (χ0) is 14.3. The second-order valence-corrected chi connectivity index (χ2v) is 4.57. The number of nitrogens with zero attached hydrogens (tertiary/aromatic N) is 1. The Morgan fingerprint density at radius 2 is 2.21 bits per heavy atom. The molecule has 7 nitrogen and oxygen atoms in total. The average Bonchev–Trinajstić information content (AvgIpc) is 2.58. The molecule has 0 saturated carbocycles. The van der Waals surface area contributed by atoms with E-state index in [2.05, 4.69) is 10.6 Å². The maximum absolute atomic E-state index is 11.9. The normalized spacial score (nSPS) is 17.3. The molecule has 1 aliphatic rings. The van der Waals surface area contributed by atoms with Gasteiger partial charge in [0.15, 0.2) is 0 Å². The van der Waals surface area contributed by atoms with E-state index in [0.29, 0.717) is 26.1 Å². The van der Waals surface area contributed by atoms with Gasteiger partial charge in [-0.15, -0.1) is 0 Å². The molecule has 3 N–H and O–H groups in total. The largest absolute Gasteiger partial charge is 0.480 e. The van der Waals surface area contributed by atoms with Crippen LogP contribution in [0.15, 0.2) is 0 Å². The summed E-state index contributed by atoms with van der Waals surface area (Å²) in [6.07, 6.45) is 2.29. The second-order valence-electron chi connectivity index (χ2n) is 4.57. The third-order valence-electron chi connectivity index (χ3n) is 3.04. The molecular formula is C12H21N3O4. The third-order valence-corrected chi connectivity index (χ3v) is 3.04. The van der Waals surface area contributed by atoms with Crippen molar-refractivity contribution in [1.82, 2.24) is 15.5 Å². The number of unbranched alkanes of at least 4 members (excludes halogenated alkanes) is 1. The summed E-state index contributed by atoms with van der Waals surface area (Å²) < 4.78 is 0. The van der Waals surface area contributed by atoms with Gasteiger partial charge in [-0.05, 0) is 6.42 Å². The van der Waals surface area contributed by atoms with Gasteiger partial charge in [-0.2, -0.15) is 0 Å². The fraction of sp³-hybridized carbons (Fsp3) is 0.750. The minimum absolute atomic E-state index is 0.0870. The Hall–Kier alpha value is -1.79. The van der Waals surface area contributed by atoms with Crippen LogP contribution in [0, 0.1) is 0 Å². The molecule has 1 heterocycles. The van der Waals surface area contributed by atoms with Gasteiger partial charge in [-0.3, -0.25) is 4.79 Å². The highest BCUT2D eigenvalue weighted by Crippen LogP contribution is 2.03. The highest BCUT2D eigenvalue weighted by Gasteiger charge is 2.24. The summed E-state index contributed by atoms with van der Waals surface area (Å²) in [6.45, 7) is 3.08. The molecule has 0 spiro atoms. The summed E-state index contributed by atoms with van der Waals surface area (Å²) in [7, 11) is 0. The van der Waals surface area contributed by atoms with Gasteiger partial charge in [-0.1, -0.05) is 19.8 Å². The minimum atomic E-state index is -1.02. The van der Waals surface area contributed by atoms with E-state index < -0.39 is 18.0 Å². The van der Waals surface area contributed by atoms with Crippen LogP contribution in [-0.2, 0) is 9.59 Å². The summed E-state index contributed by atoms with van der Waals surface area (Å²) in [5.41, 5.74) is 0. The Labute approximate surface area is 112 Å². The van der Waals surface area contributed by atoms with Gasteiger partial charge < -0.3 is 20.6 Å². The molecule has 1 aliphatic heterocycles. The lowest BCUT2D eigenvalue weighted by atomic mass is 10.1. The molecule has 0 aliphatic carbocycles. The lowest BCUT2D eigenvalue weighted by molar-refractivity contribution is -0.139. The molecule has 1 rings (SSSR count). The first-order valence-electron chi connectivity index (χ1n) is 6.59. The molecule has 0 aromatic carbocycles. The average molecular weight is 271 g/mol. The number of carbonyl (C=O) groups is 3. The topological polar surface area (TPSA) is 98.7 Å². The highest BCUT2D eigenvalue weighted by atomic mass is 16.4. The summed E-state index contributed by atoms with van der Waals surface area (Å²) in [5, 5.41) is 14.2. The molecule has 3 amide bonds. The van der Waals surface area contributed by atoms with Crippen molar-refractivity contribution in [1.29, 1.82) is 0 Å². The number of aliphatic carboxylic acids is 1. The number of carboxylic acids is 1. The van der Waals surface area contributed by atoms with Crippen molar-refractivity contribution in [3.8, 4) is 0 Å². The van der Waals surface area contributed by atoms with Crippen molar-refractivity contribution in [2.75, 3.05) is 19.6 Å². The van der Waals surface area contributed by atoms with Crippen molar-refractivity contribution in [3.63, 3.8) is 0 Å². The predicted molar refractivity (Wildman–Crippen MR) is 68.7 cm³/mol. The van der Waals surface area contributed by atoms with Gasteiger partial charge in [-0.25, -0.2) is 9.59 Å². The van der Waals surface area contributed by atoms with Crippen LogP contribution in [0.2, 0.25) is 0 Å². The smallest absolute Gasteiger partial charge is 0.326 e. The molecule has 1 fully saturated rings. The molecular weight excluding hydrogens is 250 g/mol. The lowest BCUT2D eigenvalue weighted by Crippen LogP contribution is -2.48. The summed E-state index contributed by atoms with van der Waals surface area (Å²) in [5.74, 6) is -1.11. The van der Waals surface area contributed by atoms with E-state index in [9.17, 15) is 14.4 Å². The lowest BCUT2D eigenvalue weighted by Gasteiger charge is -2.23. The van der Waals surface area contributed by atoms with Crippen LogP contribution >= 0.6 is 0 Å². The van der Waals surface area contributed by atoms with Crippen molar-refractivity contribution in [2.45, 2.75) is 38.6 Å². The van der Waals surface area contributed by atoms with Gasteiger partial charge in [0.2, 0.25) is 5.91 Å². The molecule has 1 unspecified atom stereocenters. The summed E-state index contributed by atoms with van der Waals surface area (Å²) in [4.78, 5) is 35.6.